The lowest BCUT2D eigenvalue weighted by Gasteiger charge is -2.26. The average molecular weight is 484 g/mol. The molecule has 4 aromatic carbocycles. The first-order valence-electron chi connectivity index (χ1n) is 11.3. The normalized spacial score (nSPS) is 17.2. The molecular weight excluding hydrogens is 462 g/mol. The molecule has 1 aliphatic heterocycles. The predicted molar refractivity (Wildman–Crippen MR) is 138 cm³/mol. The SMILES string of the molecule is CCOc1cccc(/C(O)=C2/C(=O)C(=O)N(c3ccc(Cl)cc3)C2c2cccc3ccccc23)c1. The highest BCUT2D eigenvalue weighted by Crippen LogP contribution is 2.44. The summed E-state index contributed by atoms with van der Waals surface area (Å²) >= 11 is 6.08. The summed E-state index contributed by atoms with van der Waals surface area (Å²) in [7, 11) is 0. The number of hydrogen-bond donors (Lipinski definition) is 1. The molecule has 5 rings (SSSR count). The van der Waals surface area contributed by atoms with Crippen molar-refractivity contribution in [3.05, 3.63) is 113 Å². The number of aliphatic hydroxyl groups excluding tert-OH is 1. The molecule has 1 amide bonds. The van der Waals surface area contributed by atoms with Crippen LogP contribution in [-0.2, 0) is 9.59 Å². The first-order valence-corrected chi connectivity index (χ1v) is 11.6. The van der Waals surface area contributed by atoms with E-state index < -0.39 is 17.7 Å². The monoisotopic (exact) mass is 483 g/mol. The predicted octanol–water partition coefficient (Wildman–Crippen LogP) is 6.52. The molecule has 1 atom stereocenters. The van der Waals surface area contributed by atoms with Gasteiger partial charge in [0.05, 0.1) is 18.2 Å². The van der Waals surface area contributed by atoms with E-state index in [-0.39, 0.29) is 11.3 Å². The Morgan fingerprint density at radius 2 is 1.66 bits per heavy atom. The zero-order chi connectivity index (χ0) is 24.5. The van der Waals surface area contributed by atoms with Gasteiger partial charge in [0, 0.05) is 16.3 Å². The van der Waals surface area contributed by atoms with E-state index in [2.05, 4.69) is 0 Å². The van der Waals surface area contributed by atoms with E-state index >= 15 is 0 Å². The summed E-state index contributed by atoms with van der Waals surface area (Å²) in [5, 5.41) is 13.8. The maximum Gasteiger partial charge on any atom is 0.300 e. The third kappa shape index (κ3) is 4.04. The second-order valence-corrected chi connectivity index (χ2v) is 8.61. The van der Waals surface area contributed by atoms with Crippen molar-refractivity contribution >= 4 is 45.5 Å². The molecule has 0 bridgehead atoms. The summed E-state index contributed by atoms with van der Waals surface area (Å²) in [4.78, 5) is 28.3. The van der Waals surface area contributed by atoms with E-state index in [0.717, 1.165) is 16.3 Å². The van der Waals surface area contributed by atoms with Gasteiger partial charge in [-0.2, -0.15) is 0 Å². The number of nitrogens with zero attached hydrogens (tertiary/aromatic N) is 1. The summed E-state index contributed by atoms with van der Waals surface area (Å²) in [6.45, 7) is 2.33. The first-order chi connectivity index (χ1) is 17.0. The van der Waals surface area contributed by atoms with Gasteiger partial charge in [-0.1, -0.05) is 66.2 Å². The van der Waals surface area contributed by atoms with Crippen LogP contribution in [0.5, 0.6) is 5.75 Å². The number of rotatable bonds is 5. The van der Waals surface area contributed by atoms with Crippen LogP contribution in [0.3, 0.4) is 0 Å². The molecule has 5 nitrogen and oxygen atoms in total. The van der Waals surface area contributed by atoms with Crippen LogP contribution in [0.25, 0.3) is 16.5 Å². The lowest BCUT2D eigenvalue weighted by Crippen LogP contribution is -2.29. The van der Waals surface area contributed by atoms with Gasteiger partial charge in [0.15, 0.2) is 0 Å². The van der Waals surface area contributed by atoms with Gasteiger partial charge in [-0.05, 0) is 59.7 Å². The number of Topliss-reactive ketones (excluding diaryl/α,β-unsaturated/α-hetero) is 1. The number of hydrogen-bond acceptors (Lipinski definition) is 4. The fraction of sp³-hybridized carbons (Fsp3) is 0.103. The summed E-state index contributed by atoms with van der Waals surface area (Å²) in [6, 6.07) is 26.2. The summed E-state index contributed by atoms with van der Waals surface area (Å²) in [6.07, 6.45) is 0. The molecule has 1 aliphatic rings. The fourth-order valence-corrected chi connectivity index (χ4v) is 4.67. The van der Waals surface area contributed by atoms with Crippen molar-refractivity contribution in [3.8, 4) is 5.75 Å². The molecule has 174 valence electrons. The minimum absolute atomic E-state index is 0.0231. The number of benzene rings is 4. The van der Waals surface area contributed by atoms with Crippen molar-refractivity contribution in [1.29, 1.82) is 0 Å². The number of ketones is 1. The Morgan fingerprint density at radius 3 is 2.43 bits per heavy atom. The summed E-state index contributed by atoms with van der Waals surface area (Å²) in [5.74, 6) is -1.16. The van der Waals surface area contributed by atoms with Crippen LogP contribution < -0.4 is 9.64 Å². The molecule has 0 radical (unpaired) electrons. The molecule has 4 aromatic rings. The van der Waals surface area contributed by atoms with Gasteiger partial charge < -0.3 is 9.84 Å². The first kappa shape index (κ1) is 22.7. The van der Waals surface area contributed by atoms with Gasteiger partial charge in [-0.3, -0.25) is 14.5 Å². The van der Waals surface area contributed by atoms with Crippen LogP contribution in [0.15, 0.2) is 96.6 Å². The number of aliphatic hydroxyl groups is 1. The van der Waals surface area contributed by atoms with Gasteiger partial charge in [-0.25, -0.2) is 0 Å². The van der Waals surface area contributed by atoms with Gasteiger partial charge in [0.25, 0.3) is 11.7 Å². The lowest BCUT2D eigenvalue weighted by molar-refractivity contribution is -0.132. The van der Waals surface area contributed by atoms with Crippen LogP contribution in [0.2, 0.25) is 5.02 Å². The standard InChI is InChI=1S/C29H22ClNO4/c1-2-35-22-10-5-9-19(17-22)27(32)25-26(24-12-6-8-18-7-3-4-11-23(18)24)31(29(34)28(25)33)21-15-13-20(30)14-16-21/h3-17,26,32H,2H2,1H3/b27-25-. The van der Waals surface area contributed by atoms with Crippen molar-refractivity contribution in [1.82, 2.24) is 0 Å². The molecule has 0 spiro atoms. The van der Waals surface area contributed by atoms with Crippen LogP contribution in [0.1, 0.15) is 24.1 Å². The zero-order valence-corrected chi connectivity index (χ0v) is 19.7. The van der Waals surface area contributed by atoms with Crippen LogP contribution >= 0.6 is 11.6 Å². The summed E-state index contributed by atoms with van der Waals surface area (Å²) < 4.78 is 5.57. The molecule has 1 N–H and O–H groups in total. The molecule has 0 saturated carbocycles. The Bertz CT molecular complexity index is 1470. The van der Waals surface area contributed by atoms with Crippen molar-refractivity contribution in [2.24, 2.45) is 0 Å². The van der Waals surface area contributed by atoms with E-state index in [1.165, 1.54) is 4.90 Å². The van der Waals surface area contributed by atoms with Gasteiger partial charge in [0.2, 0.25) is 0 Å². The van der Waals surface area contributed by atoms with E-state index in [1.807, 2.05) is 49.4 Å². The largest absolute Gasteiger partial charge is 0.507 e. The topological polar surface area (TPSA) is 66.8 Å². The smallest absolute Gasteiger partial charge is 0.300 e. The lowest BCUT2D eigenvalue weighted by atomic mass is 9.91. The Morgan fingerprint density at radius 1 is 0.943 bits per heavy atom. The molecule has 1 fully saturated rings. The number of carbonyl (C=O) groups is 2. The van der Waals surface area contributed by atoms with Crippen LogP contribution in [0.4, 0.5) is 5.69 Å². The van der Waals surface area contributed by atoms with Crippen LogP contribution in [0, 0.1) is 0 Å². The molecule has 1 unspecified atom stereocenters. The van der Waals surface area contributed by atoms with E-state index in [4.69, 9.17) is 16.3 Å². The van der Waals surface area contributed by atoms with Crippen molar-refractivity contribution in [3.63, 3.8) is 0 Å². The molecule has 0 aliphatic carbocycles. The Labute approximate surface area is 207 Å². The number of ether oxygens (including phenoxy) is 1. The average Bonchev–Trinajstić information content (AvgIpc) is 3.14. The van der Waals surface area contributed by atoms with E-state index in [1.54, 1.807) is 48.5 Å². The van der Waals surface area contributed by atoms with Crippen molar-refractivity contribution in [2.45, 2.75) is 13.0 Å². The third-order valence-corrected chi connectivity index (χ3v) is 6.34. The number of anilines is 1. The highest BCUT2D eigenvalue weighted by molar-refractivity contribution is 6.52. The zero-order valence-electron chi connectivity index (χ0n) is 18.9. The molecule has 0 aromatic heterocycles. The Hall–Kier alpha value is -4.09. The minimum atomic E-state index is -0.835. The Balaban J connectivity index is 1.77. The third-order valence-electron chi connectivity index (χ3n) is 6.09. The number of carbonyl (C=O) groups excluding carboxylic acids is 2. The highest BCUT2D eigenvalue weighted by Gasteiger charge is 2.47. The number of fused-ring (bicyclic) bond motifs is 1. The fourth-order valence-electron chi connectivity index (χ4n) is 4.54. The Kier molecular flexibility index (Phi) is 6.01. The van der Waals surface area contributed by atoms with Crippen molar-refractivity contribution < 1.29 is 19.4 Å². The van der Waals surface area contributed by atoms with Crippen LogP contribution in [-0.4, -0.2) is 23.4 Å². The maximum absolute atomic E-state index is 13.4. The molecule has 35 heavy (non-hydrogen) atoms. The van der Waals surface area contributed by atoms with E-state index in [9.17, 15) is 14.7 Å². The molecule has 6 heteroatoms. The molecule has 1 saturated heterocycles. The van der Waals surface area contributed by atoms with Gasteiger partial charge in [-0.15, -0.1) is 0 Å². The number of halogens is 1. The molecule has 1 heterocycles. The van der Waals surface area contributed by atoms with Gasteiger partial charge in [0.1, 0.15) is 11.5 Å². The second kappa shape index (κ2) is 9.28. The van der Waals surface area contributed by atoms with Gasteiger partial charge >= 0.3 is 0 Å². The quantitative estimate of drug-likeness (QED) is 0.199. The number of amides is 1. The van der Waals surface area contributed by atoms with Crippen molar-refractivity contribution in [2.75, 3.05) is 11.5 Å². The molecular formula is C29H22ClNO4. The minimum Gasteiger partial charge on any atom is -0.507 e. The van der Waals surface area contributed by atoms with E-state index in [0.29, 0.717) is 28.6 Å². The highest BCUT2D eigenvalue weighted by atomic mass is 35.5. The summed E-state index contributed by atoms with van der Waals surface area (Å²) in [5.41, 5.74) is 1.67. The maximum atomic E-state index is 13.4. The second-order valence-electron chi connectivity index (χ2n) is 8.17.